The molecule has 100 valence electrons. The molecule has 2 rings (SSSR count). The van der Waals surface area contributed by atoms with E-state index >= 15 is 0 Å². The maximum absolute atomic E-state index is 6.11. The van der Waals surface area contributed by atoms with Crippen molar-refractivity contribution in [1.29, 1.82) is 0 Å². The molecule has 0 radical (unpaired) electrons. The van der Waals surface area contributed by atoms with Gasteiger partial charge in [0.2, 0.25) is 0 Å². The molecule has 1 aliphatic carbocycles. The summed E-state index contributed by atoms with van der Waals surface area (Å²) in [6, 6.07) is 4.54. The number of benzene rings is 1. The quantitative estimate of drug-likeness (QED) is 0.867. The van der Waals surface area contributed by atoms with E-state index in [1.165, 1.54) is 12.8 Å². The van der Waals surface area contributed by atoms with Crippen molar-refractivity contribution in [1.82, 2.24) is 0 Å². The molecule has 0 unspecified atom stereocenters. The highest BCUT2D eigenvalue weighted by Gasteiger charge is 2.31. The Bertz CT molecular complexity index is 425. The fraction of sp³-hybridized carbons (Fsp3) is 0.600. The number of rotatable bonds is 4. The third kappa shape index (κ3) is 2.74. The lowest BCUT2D eigenvalue weighted by Gasteiger charge is -2.39. The van der Waals surface area contributed by atoms with E-state index in [1.54, 1.807) is 7.11 Å². The molecular weight excluding hydrogens is 246 g/mol. The summed E-state index contributed by atoms with van der Waals surface area (Å²) in [5, 5.41) is 4.32. The van der Waals surface area contributed by atoms with Gasteiger partial charge in [-0.2, -0.15) is 0 Å². The molecule has 2 nitrogen and oxygen atoms in total. The zero-order valence-corrected chi connectivity index (χ0v) is 12.3. The second-order valence-corrected chi connectivity index (χ2v) is 6.03. The van der Waals surface area contributed by atoms with Gasteiger partial charge in [-0.3, -0.25) is 0 Å². The number of hydrogen-bond donors (Lipinski definition) is 1. The molecule has 3 heteroatoms. The van der Waals surface area contributed by atoms with E-state index in [1.807, 2.05) is 13.0 Å². The summed E-state index contributed by atoms with van der Waals surface area (Å²) in [6.45, 7) is 6.62. The Morgan fingerprint density at radius 3 is 2.56 bits per heavy atom. The Kier molecular flexibility index (Phi) is 4.06. The molecule has 1 saturated carbocycles. The minimum absolute atomic E-state index is 0.576. The predicted octanol–water partition coefficient (Wildman–Crippen LogP) is 4.50. The van der Waals surface area contributed by atoms with Gasteiger partial charge in [-0.15, -0.1) is 0 Å². The van der Waals surface area contributed by atoms with Crippen molar-refractivity contribution in [3.8, 4) is 5.75 Å². The topological polar surface area (TPSA) is 21.3 Å². The minimum Gasteiger partial charge on any atom is -0.495 e. The number of halogens is 1. The van der Waals surface area contributed by atoms with Crippen LogP contribution >= 0.6 is 11.6 Å². The normalized spacial score (nSPS) is 22.8. The molecule has 1 fully saturated rings. The van der Waals surface area contributed by atoms with Crippen molar-refractivity contribution in [2.45, 2.75) is 39.7 Å². The average Bonchev–Trinajstić information content (AvgIpc) is 2.26. The zero-order valence-electron chi connectivity index (χ0n) is 11.6. The molecule has 1 N–H and O–H groups in total. The van der Waals surface area contributed by atoms with Crippen molar-refractivity contribution in [2.24, 2.45) is 11.8 Å². The minimum atomic E-state index is 0.576. The van der Waals surface area contributed by atoms with Gasteiger partial charge in [0.05, 0.1) is 12.8 Å². The summed E-state index contributed by atoms with van der Waals surface area (Å²) in [6.07, 6.45) is 2.50. The van der Waals surface area contributed by atoms with Crippen molar-refractivity contribution < 1.29 is 4.74 Å². The van der Waals surface area contributed by atoms with Crippen molar-refractivity contribution in [2.75, 3.05) is 12.4 Å². The van der Waals surface area contributed by atoms with E-state index in [-0.39, 0.29) is 0 Å². The largest absolute Gasteiger partial charge is 0.495 e. The Labute approximate surface area is 115 Å². The second kappa shape index (κ2) is 5.40. The van der Waals surface area contributed by atoms with Gasteiger partial charge in [0.15, 0.2) is 0 Å². The van der Waals surface area contributed by atoms with Gasteiger partial charge in [0, 0.05) is 17.1 Å². The van der Waals surface area contributed by atoms with Crippen molar-refractivity contribution in [3.05, 3.63) is 22.7 Å². The molecule has 0 bridgehead atoms. The van der Waals surface area contributed by atoms with Gasteiger partial charge < -0.3 is 10.1 Å². The molecule has 1 aromatic rings. The third-order valence-corrected chi connectivity index (χ3v) is 4.36. The van der Waals surface area contributed by atoms with E-state index in [9.17, 15) is 0 Å². The summed E-state index contributed by atoms with van der Waals surface area (Å²) in [4.78, 5) is 0. The van der Waals surface area contributed by atoms with Gasteiger partial charge in [0.25, 0.3) is 0 Å². The molecule has 1 aromatic carbocycles. The highest BCUT2D eigenvalue weighted by molar-refractivity contribution is 6.31. The average molecular weight is 268 g/mol. The van der Waals surface area contributed by atoms with E-state index in [0.717, 1.165) is 33.9 Å². The number of ether oxygens (including phenoxy) is 1. The summed E-state index contributed by atoms with van der Waals surface area (Å²) in [5.41, 5.74) is 2.14. The lowest BCUT2D eigenvalue weighted by atomic mass is 9.73. The van der Waals surface area contributed by atoms with E-state index in [4.69, 9.17) is 16.3 Å². The molecule has 0 heterocycles. The van der Waals surface area contributed by atoms with Crippen LogP contribution in [0.25, 0.3) is 0 Å². The highest BCUT2D eigenvalue weighted by Crippen LogP contribution is 2.38. The molecule has 0 aromatic heterocycles. The maximum Gasteiger partial charge on any atom is 0.143 e. The van der Waals surface area contributed by atoms with Gasteiger partial charge in [-0.25, -0.2) is 0 Å². The third-order valence-electron chi connectivity index (χ3n) is 3.96. The zero-order chi connectivity index (χ0) is 13.3. The Hall–Kier alpha value is -0.890. The van der Waals surface area contributed by atoms with Crippen LogP contribution in [0.2, 0.25) is 5.02 Å². The number of anilines is 1. The lowest BCUT2D eigenvalue weighted by Crippen LogP contribution is -2.38. The van der Waals surface area contributed by atoms with Crippen LogP contribution in [-0.2, 0) is 0 Å². The van der Waals surface area contributed by atoms with Crippen LogP contribution in [0, 0.1) is 18.8 Å². The standard InChI is InChI=1S/C15H22ClNO/c1-9(2)11-6-12(7-11)17-14-5-10(3)13(16)8-15(14)18-4/h5,8-9,11-12,17H,6-7H2,1-4H3. The van der Waals surface area contributed by atoms with Crippen LogP contribution in [0.1, 0.15) is 32.3 Å². The first-order valence-electron chi connectivity index (χ1n) is 6.62. The first-order chi connectivity index (χ1) is 8.51. The van der Waals surface area contributed by atoms with Gasteiger partial charge >= 0.3 is 0 Å². The molecule has 0 atom stereocenters. The molecule has 0 aliphatic heterocycles. The van der Waals surface area contributed by atoms with E-state index < -0.39 is 0 Å². The van der Waals surface area contributed by atoms with Crippen LogP contribution in [-0.4, -0.2) is 13.2 Å². The first kappa shape index (κ1) is 13.5. The molecule has 0 spiro atoms. The Morgan fingerprint density at radius 2 is 2.00 bits per heavy atom. The SMILES string of the molecule is COc1cc(Cl)c(C)cc1NC1CC(C(C)C)C1. The van der Waals surface area contributed by atoms with Crippen molar-refractivity contribution >= 4 is 17.3 Å². The molecule has 0 amide bonds. The van der Waals surface area contributed by atoms with Gasteiger partial charge in [-0.05, 0) is 43.2 Å². The number of hydrogen-bond acceptors (Lipinski definition) is 2. The fourth-order valence-electron chi connectivity index (χ4n) is 2.49. The van der Waals surface area contributed by atoms with E-state index in [2.05, 4.69) is 25.2 Å². The van der Waals surface area contributed by atoms with Crippen LogP contribution in [0.15, 0.2) is 12.1 Å². The fourth-order valence-corrected chi connectivity index (χ4v) is 2.64. The smallest absolute Gasteiger partial charge is 0.143 e. The van der Waals surface area contributed by atoms with Crippen LogP contribution in [0.3, 0.4) is 0 Å². The van der Waals surface area contributed by atoms with Gasteiger partial charge in [0.1, 0.15) is 5.75 Å². The molecule has 18 heavy (non-hydrogen) atoms. The highest BCUT2D eigenvalue weighted by atomic mass is 35.5. The lowest BCUT2D eigenvalue weighted by molar-refractivity contribution is 0.211. The second-order valence-electron chi connectivity index (χ2n) is 5.62. The van der Waals surface area contributed by atoms with Gasteiger partial charge in [-0.1, -0.05) is 25.4 Å². The van der Waals surface area contributed by atoms with Crippen molar-refractivity contribution in [3.63, 3.8) is 0 Å². The number of nitrogens with one attached hydrogen (secondary N) is 1. The summed E-state index contributed by atoms with van der Waals surface area (Å²) < 4.78 is 5.38. The van der Waals surface area contributed by atoms with Crippen LogP contribution < -0.4 is 10.1 Å². The Morgan fingerprint density at radius 1 is 1.33 bits per heavy atom. The molecule has 0 saturated heterocycles. The van der Waals surface area contributed by atoms with Crippen LogP contribution in [0.5, 0.6) is 5.75 Å². The Balaban J connectivity index is 2.04. The summed E-state index contributed by atoms with van der Waals surface area (Å²) in [7, 11) is 1.68. The monoisotopic (exact) mass is 267 g/mol. The summed E-state index contributed by atoms with van der Waals surface area (Å²) in [5.74, 6) is 2.48. The van der Waals surface area contributed by atoms with Crippen LogP contribution in [0.4, 0.5) is 5.69 Å². The molecular formula is C15H22ClNO. The maximum atomic E-state index is 6.11. The molecule has 1 aliphatic rings. The number of methoxy groups -OCH3 is 1. The first-order valence-corrected chi connectivity index (χ1v) is 6.99. The summed E-state index contributed by atoms with van der Waals surface area (Å²) >= 11 is 6.11. The van der Waals surface area contributed by atoms with E-state index in [0.29, 0.717) is 6.04 Å². The predicted molar refractivity (Wildman–Crippen MR) is 77.7 cm³/mol. The number of aryl methyl sites for hydroxylation is 1.